The molecule has 0 saturated heterocycles. The van der Waals surface area contributed by atoms with Crippen LogP contribution in [-0.4, -0.2) is 36.7 Å². The summed E-state index contributed by atoms with van der Waals surface area (Å²) in [5.41, 5.74) is 0. The maximum Gasteiger partial charge on any atom is 0.313 e. The van der Waals surface area contributed by atoms with Crippen molar-refractivity contribution in [3.05, 3.63) is 5.82 Å². The smallest absolute Gasteiger partial charge is 0.313 e. The highest BCUT2D eigenvalue weighted by molar-refractivity contribution is 7.99. The molecule has 1 rings (SSSR count). The zero-order chi connectivity index (χ0) is 13.0. The number of aliphatic hydroxyl groups is 1. The van der Waals surface area contributed by atoms with Crippen molar-refractivity contribution < 1.29 is 15.0 Å². The van der Waals surface area contributed by atoms with E-state index in [1.54, 1.807) is 4.57 Å². The maximum atomic E-state index is 10.5. The molecule has 0 bridgehead atoms. The van der Waals surface area contributed by atoms with E-state index >= 15 is 0 Å². The Labute approximate surface area is 104 Å². The topological polar surface area (TPSA) is 88.2 Å². The minimum Gasteiger partial charge on any atom is -0.481 e. The van der Waals surface area contributed by atoms with E-state index in [-0.39, 0.29) is 18.4 Å². The van der Waals surface area contributed by atoms with Gasteiger partial charge in [-0.05, 0) is 12.8 Å². The normalized spacial score (nSPS) is 13.0. The summed E-state index contributed by atoms with van der Waals surface area (Å²) in [7, 11) is 0. The first kappa shape index (κ1) is 14.0. The molecule has 96 valence electrons. The van der Waals surface area contributed by atoms with Gasteiger partial charge < -0.3 is 14.8 Å². The minimum atomic E-state index is -0.896. The number of carboxylic acids is 1. The molecule has 2 N–H and O–H groups in total. The molecule has 1 aromatic rings. The van der Waals surface area contributed by atoms with E-state index in [0.29, 0.717) is 16.9 Å². The molecule has 0 aliphatic heterocycles. The van der Waals surface area contributed by atoms with Gasteiger partial charge in [0.25, 0.3) is 0 Å². The number of aliphatic carboxylic acids is 1. The number of hydrogen-bond donors (Lipinski definition) is 2. The predicted molar refractivity (Wildman–Crippen MR) is 63.9 cm³/mol. The predicted octanol–water partition coefficient (Wildman–Crippen LogP) is 1.16. The van der Waals surface area contributed by atoms with Crippen LogP contribution < -0.4 is 0 Å². The molecule has 0 fully saturated rings. The van der Waals surface area contributed by atoms with Crippen LogP contribution in [0, 0.1) is 5.92 Å². The Morgan fingerprint density at radius 3 is 2.53 bits per heavy atom. The summed E-state index contributed by atoms with van der Waals surface area (Å²) >= 11 is 1.12. The van der Waals surface area contributed by atoms with E-state index in [2.05, 4.69) is 24.0 Å². The van der Waals surface area contributed by atoms with Crippen molar-refractivity contribution in [2.75, 3.05) is 5.75 Å². The van der Waals surface area contributed by atoms with Crippen LogP contribution in [0.3, 0.4) is 0 Å². The van der Waals surface area contributed by atoms with Crippen molar-refractivity contribution in [1.29, 1.82) is 0 Å². The minimum absolute atomic E-state index is 0.0611. The Bertz CT molecular complexity index is 392. The van der Waals surface area contributed by atoms with Gasteiger partial charge in [0, 0.05) is 6.04 Å². The lowest BCUT2D eigenvalue weighted by Crippen LogP contribution is -2.16. The standard InChI is InChI=1S/C10H17N3O3S/c1-6(2)7(3)13-8(4-14)11-12-10(13)17-5-9(15)16/h6-7,14H,4-5H2,1-3H3,(H,15,16). The van der Waals surface area contributed by atoms with Crippen molar-refractivity contribution >= 4 is 17.7 Å². The van der Waals surface area contributed by atoms with Crippen LogP contribution in [-0.2, 0) is 11.4 Å². The third-order valence-electron chi connectivity index (χ3n) is 2.57. The van der Waals surface area contributed by atoms with Crippen molar-refractivity contribution in [2.24, 2.45) is 5.92 Å². The van der Waals surface area contributed by atoms with Gasteiger partial charge in [-0.15, -0.1) is 10.2 Å². The second kappa shape index (κ2) is 6.02. The number of aliphatic hydroxyl groups excluding tert-OH is 1. The van der Waals surface area contributed by atoms with Crippen molar-refractivity contribution in [3.63, 3.8) is 0 Å². The number of rotatable bonds is 6. The molecular weight excluding hydrogens is 242 g/mol. The number of nitrogens with zero attached hydrogens (tertiary/aromatic N) is 3. The Balaban J connectivity index is 2.97. The lowest BCUT2D eigenvalue weighted by molar-refractivity contribution is -0.133. The van der Waals surface area contributed by atoms with E-state index in [1.807, 2.05) is 6.92 Å². The molecule has 17 heavy (non-hydrogen) atoms. The van der Waals surface area contributed by atoms with Crippen LogP contribution in [0.2, 0.25) is 0 Å². The Kier molecular flexibility index (Phi) is 4.95. The third-order valence-corrected chi connectivity index (χ3v) is 3.50. The molecule has 0 saturated carbocycles. The van der Waals surface area contributed by atoms with Gasteiger partial charge in [0.05, 0.1) is 5.75 Å². The summed E-state index contributed by atoms with van der Waals surface area (Å²) in [5, 5.41) is 26.2. The molecule has 7 heteroatoms. The van der Waals surface area contributed by atoms with Crippen LogP contribution in [0.5, 0.6) is 0 Å². The van der Waals surface area contributed by atoms with Gasteiger partial charge in [-0.1, -0.05) is 25.6 Å². The van der Waals surface area contributed by atoms with Crippen molar-refractivity contribution in [2.45, 2.75) is 38.6 Å². The van der Waals surface area contributed by atoms with Gasteiger partial charge in [-0.3, -0.25) is 4.79 Å². The van der Waals surface area contributed by atoms with Gasteiger partial charge in [0.2, 0.25) is 0 Å². The van der Waals surface area contributed by atoms with Gasteiger partial charge in [-0.25, -0.2) is 0 Å². The number of carbonyl (C=O) groups is 1. The van der Waals surface area contributed by atoms with Gasteiger partial charge >= 0.3 is 5.97 Å². The quantitative estimate of drug-likeness (QED) is 0.745. The average Bonchev–Trinajstić information content (AvgIpc) is 2.67. The third kappa shape index (κ3) is 3.44. The molecule has 0 aliphatic carbocycles. The summed E-state index contributed by atoms with van der Waals surface area (Å²) < 4.78 is 1.80. The largest absolute Gasteiger partial charge is 0.481 e. The zero-order valence-electron chi connectivity index (χ0n) is 10.1. The van der Waals surface area contributed by atoms with Crippen LogP contribution in [0.4, 0.5) is 0 Å². The van der Waals surface area contributed by atoms with E-state index in [4.69, 9.17) is 5.11 Å². The number of hydrogen-bond acceptors (Lipinski definition) is 5. The van der Waals surface area contributed by atoms with E-state index in [9.17, 15) is 9.90 Å². The van der Waals surface area contributed by atoms with Gasteiger partial charge in [-0.2, -0.15) is 0 Å². The fourth-order valence-corrected chi connectivity index (χ4v) is 2.11. The van der Waals surface area contributed by atoms with E-state index < -0.39 is 5.97 Å². The molecule has 0 aliphatic rings. The molecule has 6 nitrogen and oxygen atoms in total. The first-order valence-electron chi connectivity index (χ1n) is 5.36. The molecule has 0 radical (unpaired) electrons. The summed E-state index contributed by atoms with van der Waals surface area (Å²) in [5.74, 6) is -0.138. The summed E-state index contributed by atoms with van der Waals surface area (Å²) in [6, 6.07) is 0.114. The highest BCUT2D eigenvalue weighted by atomic mass is 32.2. The Morgan fingerprint density at radius 1 is 1.41 bits per heavy atom. The fourth-order valence-electron chi connectivity index (χ4n) is 1.35. The second-order valence-corrected chi connectivity index (χ2v) is 5.04. The van der Waals surface area contributed by atoms with Crippen LogP contribution in [0.25, 0.3) is 0 Å². The molecular formula is C10H17N3O3S. The number of thioether (sulfide) groups is 1. The SMILES string of the molecule is CC(C)C(C)n1c(CO)nnc1SCC(=O)O. The Hall–Kier alpha value is -1.08. The lowest BCUT2D eigenvalue weighted by atomic mass is 10.1. The van der Waals surface area contributed by atoms with Crippen molar-refractivity contribution in [1.82, 2.24) is 14.8 Å². The number of aromatic nitrogens is 3. The summed E-state index contributed by atoms with van der Waals surface area (Å²) in [6.07, 6.45) is 0. The molecule has 1 heterocycles. The average molecular weight is 259 g/mol. The van der Waals surface area contributed by atoms with Gasteiger partial charge in [0.15, 0.2) is 11.0 Å². The second-order valence-electron chi connectivity index (χ2n) is 4.09. The first-order valence-corrected chi connectivity index (χ1v) is 6.35. The molecule has 1 atom stereocenters. The molecule has 0 spiro atoms. The van der Waals surface area contributed by atoms with E-state index in [1.165, 1.54) is 0 Å². The summed E-state index contributed by atoms with van der Waals surface area (Å²) in [6.45, 7) is 5.91. The highest BCUT2D eigenvalue weighted by Gasteiger charge is 2.20. The maximum absolute atomic E-state index is 10.5. The highest BCUT2D eigenvalue weighted by Crippen LogP contribution is 2.25. The molecule has 1 unspecified atom stereocenters. The lowest BCUT2D eigenvalue weighted by Gasteiger charge is -2.20. The molecule has 0 amide bonds. The fraction of sp³-hybridized carbons (Fsp3) is 0.700. The zero-order valence-corrected chi connectivity index (χ0v) is 10.9. The molecule has 1 aromatic heterocycles. The first-order chi connectivity index (χ1) is 7.97. The van der Waals surface area contributed by atoms with E-state index in [0.717, 1.165) is 11.8 Å². The van der Waals surface area contributed by atoms with Crippen LogP contribution in [0.1, 0.15) is 32.6 Å². The van der Waals surface area contributed by atoms with Crippen molar-refractivity contribution in [3.8, 4) is 0 Å². The summed E-state index contributed by atoms with van der Waals surface area (Å²) in [4.78, 5) is 10.5. The van der Waals surface area contributed by atoms with Crippen LogP contribution in [0.15, 0.2) is 5.16 Å². The molecule has 0 aromatic carbocycles. The Morgan fingerprint density at radius 2 is 2.06 bits per heavy atom. The van der Waals surface area contributed by atoms with Crippen LogP contribution >= 0.6 is 11.8 Å². The monoisotopic (exact) mass is 259 g/mol. The van der Waals surface area contributed by atoms with Gasteiger partial charge in [0.1, 0.15) is 6.61 Å². The number of carboxylic acid groups (broad SMARTS) is 1.